The molecular weight excluding hydrogens is 408 g/mol. The maximum absolute atomic E-state index is 12.7. The number of hydrogen-bond acceptors (Lipinski definition) is 5. The number of hydrogen-bond donors (Lipinski definition) is 3. The normalized spacial score (nSPS) is 17.3. The largest absolute Gasteiger partial charge is 0.398 e. The Hall–Kier alpha value is -4.12. The van der Waals surface area contributed by atoms with Crippen LogP contribution >= 0.6 is 0 Å². The van der Waals surface area contributed by atoms with Crippen molar-refractivity contribution < 1.29 is 19.2 Å². The zero-order chi connectivity index (χ0) is 22.8. The molecule has 0 saturated carbocycles. The van der Waals surface area contributed by atoms with E-state index in [0.29, 0.717) is 23.2 Å². The first-order valence-corrected chi connectivity index (χ1v) is 10.2. The molecule has 162 valence electrons. The molecule has 4 rings (SSSR count). The van der Waals surface area contributed by atoms with Crippen molar-refractivity contribution in [3.8, 4) is 11.8 Å². The first-order chi connectivity index (χ1) is 15.3. The lowest BCUT2D eigenvalue weighted by molar-refractivity contribution is -0.137. The number of nitrogens with two attached hydrogens (primary N) is 1. The van der Waals surface area contributed by atoms with Gasteiger partial charge >= 0.3 is 0 Å². The van der Waals surface area contributed by atoms with Crippen molar-refractivity contribution in [2.24, 2.45) is 0 Å². The van der Waals surface area contributed by atoms with Crippen molar-refractivity contribution in [1.82, 2.24) is 15.5 Å². The van der Waals surface area contributed by atoms with Crippen LogP contribution < -0.4 is 16.4 Å². The molecule has 0 aromatic heterocycles. The lowest BCUT2D eigenvalue weighted by atomic mass is 10.0. The fourth-order valence-electron chi connectivity index (χ4n) is 3.81. The number of benzene rings is 2. The number of fused-ring (bicyclic) bond motifs is 1. The number of imide groups is 1. The number of nitrogen functional groups attached to an aromatic ring is 1. The summed E-state index contributed by atoms with van der Waals surface area (Å²) in [6, 6.07) is 10.0. The van der Waals surface area contributed by atoms with Crippen LogP contribution in [0.2, 0.25) is 0 Å². The Morgan fingerprint density at radius 2 is 2.03 bits per heavy atom. The van der Waals surface area contributed by atoms with Gasteiger partial charge in [0.15, 0.2) is 0 Å². The number of amides is 4. The van der Waals surface area contributed by atoms with E-state index in [2.05, 4.69) is 22.5 Å². The number of carbonyl (C=O) groups is 4. The summed E-state index contributed by atoms with van der Waals surface area (Å²) in [6.07, 6.45) is 0.530. The summed E-state index contributed by atoms with van der Waals surface area (Å²) < 4.78 is 0. The minimum atomic E-state index is -0.651. The average Bonchev–Trinajstić information content (AvgIpc) is 3.08. The van der Waals surface area contributed by atoms with Gasteiger partial charge in [0.2, 0.25) is 11.8 Å². The van der Waals surface area contributed by atoms with Crippen LogP contribution in [0.15, 0.2) is 36.4 Å². The highest BCUT2D eigenvalue weighted by Crippen LogP contribution is 2.28. The molecule has 0 aliphatic carbocycles. The van der Waals surface area contributed by atoms with Crippen LogP contribution in [0.3, 0.4) is 0 Å². The van der Waals surface area contributed by atoms with Crippen LogP contribution in [-0.2, 0) is 27.5 Å². The van der Waals surface area contributed by atoms with E-state index >= 15 is 0 Å². The molecule has 1 fully saturated rings. The second-order valence-electron chi connectivity index (χ2n) is 7.90. The van der Waals surface area contributed by atoms with E-state index in [9.17, 15) is 19.2 Å². The van der Waals surface area contributed by atoms with Gasteiger partial charge in [-0.2, -0.15) is 0 Å². The van der Waals surface area contributed by atoms with Gasteiger partial charge in [-0.05, 0) is 48.2 Å². The monoisotopic (exact) mass is 430 g/mol. The van der Waals surface area contributed by atoms with Crippen LogP contribution in [0.25, 0.3) is 0 Å². The third-order valence-electron chi connectivity index (χ3n) is 5.64. The Balaban J connectivity index is 1.39. The Morgan fingerprint density at radius 1 is 1.22 bits per heavy atom. The Labute approximate surface area is 185 Å². The van der Waals surface area contributed by atoms with Crippen LogP contribution in [0.5, 0.6) is 0 Å². The second kappa shape index (κ2) is 8.55. The number of aryl methyl sites for hydroxylation is 1. The molecule has 0 bridgehead atoms. The summed E-state index contributed by atoms with van der Waals surface area (Å²) in [6.45, 7) is 2.44. The predicted octanol–water partition coefficient (Wildman–Crippen LogP) is 1.01. The number of nitrogens with zero attached hydrogens (tertiary/aromatic N) is 1. The average molecular weight is 430 g/mol. The fourth-order valence-corrected chi connectivity index (χ4v) is 3.81. The van der Waals surface area contributed by atoms with Gasteiger partial charge in [-0.1, -0.05) is 24.1 Å². The van der Waals surface area contributed by atoms with Gasteiger partial charge in [-0.3, -0.25) is 24.5 Å². The maximum Gasteiger partial charge on any atom is 0.296 e. The second-order valence-corrected chi connectivity index (χ2v) is 7.90. The van der Waals surface area contributed by atoms with E-state index in [1.165, 1.54) is 4.90 Å². The van der Waals surface area contributed by atoms with Gasteiger partial charge in [0, 0.05) is 42.2 Å². The topological polar surface area (TPSA) is 122 Å². The summed E-state index contributed by atoms with van der Waals surface area (Å²) in [5.74, 6) is 3.92. The summed E-state index contributed by atoms with van der Waals surface area (Å²) in [5, 5.41) is 5.03. The molecule has 8 nitrogen and oxygen atoms in total. The fraction of sp³-hybridized carbons (Fsp3) is 0.250. The smallest absolute Gasteiger partial charge is 0.296 e. The molecule has 8 heteroatoms. The minimum Gasteiger partial charge on any atom is -0.398 e. The standard InChI is InChI=1S/C24H22N4O4/c1-14-2-3-15(11-19(14)25)5-8-21(29)26-12-16-4-6-18-17(10-16)13-28(24(18)32)20-7-9-22(30)27-23(20)31/h2-4,6,10-11,20H,7,9,12-13,25H2,1H3,(H,26,29)(H,27,30,31). The molecule has 2 aromatic carbocycles. The Morgan fingerprint density at radius 3 is 2.78 bits per heavy atom. The third kappa shape index (κ3) is 4.32. The zero-order valence-corrected chi connectivity index (χ0v) is 17.5. The molecule has 1 atom stereocenters. The summed E-state index contributed by atoms with van der Waals surface area (Å²) in [7, 11) is 0. The van der Waals surface area contributed by atoms with Crippen molar-refractivity contribution in [1.29, 1.82) is 0 Å². The molecule has 4 N–H and O–H groups in total. The summed E-state index contributed by atoms with van der Waals surface area (Å²) in [4.78, 5) is 49.8. The number of rotatable bonds is 3. The van der Waals surface area contributed by atoms with E-state index in [0.717, 1.165) is 16.7 Å². The first kappa shape index (κ1) is 21.1. The quantitative estimate of drug-likeness (QED) is 0.381. The summed E-state index contributed by atoms with van der Waals surface area (Å²) in [5.41, 5.74) is 10.2. The van der Waals surface area contributed by atoms with Gasteiger partial charge in [-0.15, -0.1) is 0 Å². The Bertz CT molecular complexity index is 1210. The minimum absolute atomic E-state index is 0.212. The van der Waals surface area contributed by atoms with E-state index in [4.69, 9.17) is 5.73 Å². The number of carbonyl (C=O) groups excluding carboxylic acids is 4. The zero-order valence-electron chi connectivity index (χ0n) is 17.5. The van der Waals surface area contributed by atoms with Crippen molar-refractivity contribution >= 4 is 29.3 Å². The third-order valence-corrected chi connectivity index (χ3v) is 5.64. The SMILES string of the molecule is Cc1ccc(C#CC(=O)NCc2ccc3c(c2)CN(C2CCC(=O)NC2=O)C3=O)cc1N. The Kier molecular flexibility index (Phi) is 5.65. The van der Waals surface area contributed by atoms with Crippen LogP contribution in [0, 0.1) is 18.8 Å². The lowest BCUT2D eigenvalue weighted by Gasteiger charge is -2.29. The number of piperidine rings is 1. The molecule has 1 unspecified atom stereocenters. The molecule has 1 saturated heterocycles. The molecule has 2 aliphatic heterocycles. The van der Waals surface area contributed by atoms with Crippen LogP contribution in [-0.4, -0.2) is 34.6 Å². The molecular formula is C24H22N4O4. The van der Waals surface area contributed by atoms with E-state index < -0.39 is 17.9 Å². The molecule has 0 spiro atoms. The number of anilines is 1. The van der Waals surface area contributed by atoms with E-state index in [1.807, 2.05) is 19.1 Å². The highest BCUT2D eigenvalue weighted by Gasteiger charge is 2.38. The van der Waals surface area contributed by atoms with Crippen LogP contribution in [0.1, 0.15) is 45.5 Å². The molecule has 2 heterocycles. The molecule has 32 heavy (non-hydrogen) atoms. The van der Waals surface area contributed by atoms with E-state index in [-0.39, 0.29) is 31.3 Å². The van der Waals surface area contributed by atoms with Crippen molar-refractivity contribution in [3.63, 3.8) is 0 Å². The van der Waals surface area contributed by atoms with Gasteiger partial charge < -0.3 is 16.0 Å². The van der Waals surface area contributed by atoms with E-state index in [1.54, 1.807) is 24.3 Å². The molecule has 4 amide bonds. The number of nitrogens with one attached hydrogen (secondary N) is 2. The van der Waals surface area contributed by atoms with Crippen molar-refractivity contribution in [3.05, 3.63) is 64.2 Å². The van der Waals surface area contributed by atoms with Gasteiger partial charge in [0.1, 0.15) is 6.04 Å². The lowest BCUT2D eigenvalue weighted by Crippen LogP contribution is -2.52. The summed E-state index contributed by atoms with van der Waals surface area (Å²) >= 11 is 0. The maximum atomic E-state index is 12.7. The first-order valence-electron chi connectivity index (χ1n) is 10.2. The van der Waals surface area contributed by atoms with Gasteiger partial charge in [0.25, 0.3) is 11.8 Å². The molecule has 0 radical (unpaired) electrons. The van der Waals surface area contributed by atoms with Crippen LogP contribution in [0.4, 0.5) is 5.69 Å². The highest BCUT2D eigenvalue weighted by atomic mass is 16.2. The predicted molar refractivity (Wildman–Crippen MR) is 117 cm³/mol. The van der Waals surface area contributed by atoms with Gasteiger partial charge in [-0.25, -0.2) is 0 Å². The van der Waals surface area contributed by atoms with Gasteiger partial charge in [0.05, 0.1) is 0 Å². The van der Waals surface area contributed by atoms with Crippen molar-refractivity contribution in [2.75, 3.05) is 5.73 Å². The molecule has 2 aliphatic rings. The highest BCUT2D eigenvalue weighted by molar-refractivity contribution is 6.05. The van der Waals surface area contributed by atoms with Crippen molar-refractivity contribution in [2.45, 2.75) is 38.9 Å². The molecule has 2 aromatic rings.